The van der Waals surface area contributed by atoms with E-state index in [0.29, 0.717) is 129 Å². The normalized spacial score (nSPS) is 12.9. The fraction of sp³-hybridized carbons (Fsp3) is 0.829. The first kappa shape index (κ1) is 81.0. The molecule has 18 nitrogen and oxygen atoms in total. The molecule has 0 saturated carbocycles. The van der Waals surface area contributed by atoms with Gasteiger partial charge < -0.3 is 48.1 Å². The Morgan fingerprint density at radius 2 is 0.716 bits per heavy atom. The first-order valence-electron chi connectivity index (χ1n) is 34.9. The maximum atomic E-state index is 13.6. The molecule has 1 aliphatic rings. The molecule has 0 aromatic carbocycles. The van der Waals surface area contributed by atoms with E-state index in [2.05, 4.69) is 55.3 Å². The van der Waals surface area contributed by atoms with Crippen molar-refractivity contribution in [3.05, 3.63) is 24.3 Å². The van der Waals surface area contributed by atoms with Crippen molar-refractivity contribution in [3.63, 3.8) is 0 Å². The van der Waals surface area contributed by atoms with Gasteiger partial charge in [0.1, 0.15) is 37.9 Å². The second kappa shape index (κ2) is 58.4. The predicted molar refractivity (Wildman–Crippen MR) is 344 cm³/mol. The van der Waals surface area contributed by atoms with E-state index in [9.17, 15) is 38.4 Å². The van der Waals surface area contributed by atoms with Crippen molar-refractivity contribution in [1.82, 2.24) is 10.2 Å². The van der Waals surface area contributed by atoms with Crippen molar-refractivity contribution in [2.24, 2.45) is 5.41 Å². The summed E-state index contributed by atoms with van der Waals surface area (Å²) in [6.45, 7) is 11.2. The number of allylic oxidation sites excluding steroid dienone is 2. The van der Waals surface area contributed by atoms with Gasteiger partial charge in [-0.05, 0) is 122 Å². The van der Waals surface area contributed by atoms with Gasteiger partial charge in [-0.3, -0.25) is 33.6 Å². The number of hydrogen-bond acceptors (Lipinski definition) is 17. The van der Waals surface area contributed by atoms with Crippen molar-refractivity contribution >= 4 is 47.9 Å². The van der Waals surface area contributed by atoms with Crippen molar-refractivity contribution in [2.75, 3.05) is 72.4 Å². The van der Waals surface area contributed by atoms with Gasteiger partial charge in [0.25, 0.3) is 0 Å². The average Bonchev–Trinajstić information content (AvgIpc) is 4.12. The number of esters is 7. The Bertz CT molecular complexity index is 1800. The summed E-state index contributed by atoms with van der Waals surface area (Å²) in [5.41, 5.74) is -1.49. The first-order valence-corrected chi connectivity index (χ1v) is 34.9. The van der Waals surface area contributed by atoms with E-state index in [-0.39, 0.29) is 62.9 Å². The van der Waals surface area contributed by atoms with Gasteiger partial charge in [0, 0.05) is 58.0 Å². The number of carbonyl (C=O) groups excluding carboxylic acids is 8. The number of hydrogen-bond donors (Lipinski definition) is 1. The van der Waals surface area contributed by atoms with Gasteiger partial charge in [0.2, 0.25) is 0 Å². The second-order valence-electron chi connectivity index (χ2n) is 24.0. The Morgan fingerprint density at radius 1 is 0.375 bits per heavy atom. The Balaban J connectivity index is 3.06. The lowest BCUT2D eigenvalue weighted by Gasteiger charge is -2.31. The third-order valence-electron chi connectivity index (χ3n) is 15.6. The zero-order chi connectivity index (χ0) is 64.2. The maximum Gasteiger partial charge on any atom is 0.407 e. The standard InChI is InChI=1S/C70H122N2O16/c1-5-9-13-16-19-28-39-55-82-63(74)43-31-22-25-34-46-66(77)85-58-70(57-84-65(76)45-33-24-21-30-42-62(73)81-54-38-27-18-15-11-7-3,59-86-67(78)47-35-26-23-32-44-64(75)83-56-40-29-20-17-14-10-6-2)60-87-68(79)49-48-61(41-12-8-4)88-69(80)71-50-53-72-51-36-37-52-72/h19-20,28-29,61H,5-18,21-27,30-60H2,1-4H3,(H,71,80)/b28-19-,29-20-. The summed E-state index contributed by atoms with van der Waals surface area (Å²) in [5, 5.41) is 2.84. The Kier molecular flexibility index (Phi) is 53.7. The molecule has 0 aromatic heterocycles. The van der Waals surface area contributed by atoms with Crippen LogP contribution in [0.2, 0.25) is 0 Å². The number of alkyl carbamates (subject to hydrolysis) is 1. The molecule has 1 atom stereocenters. The fourth-order valence-corrected chi connectivity index (χ4v) is 9.90. The zero-order valence-electron chi connectivity index (χ0n) is 55.6. The Labute approximate surface area is 531 Å². The van der Waals surface area contributed by atoms with Crippen molar-refractivity contribution in [1.29, 1.82) is 0 Å². The number of unbranched alkanes of at least 4 members (excludes halogenated alkanes) is 21. The highest BCUT2D eigenvalue weighted by Gasteiger charge is 2.38. The van der Waals surface area contributed by atoms with Crippen LogP contribution in [-0.4, -0.2) is 131 Å². The lowest BCUT2D eigenvalue weighted by atomic mass is 9.92. The SMILES string of the molecule is CCCCC/C=C\CCOC(=O)CCCCCCC(=O)OCC(COC(=O)CCCCCCC(=O)OCC/C=C\CCCCC)(COC(=O)CCCCCCC(=O)OCCCCCCCC)COC(=O)CCC(CCCC)OC(=O)NCCN1CCCC1. The minimum Gasteiger partial charge on any atom is -0.466 e. The Hall–Kier alpha value is -5.00. The molecule has 1 fully saturated rings. The smallest absolute Gasteiger partial charge is 0.407 e. The average molecular weight is 1250 g/mol. The number of nitrogens with zero attached hydrogens (tertiary/aromatic N) is 1. The highest BCUT2D eigenvalue weighted by Crippen LogP contribution is 2.25. The summed E-state index contributed by atoms with van der Waals surface area (Å²) >= 11 is 0. The van der Waals surface area contributed by atoms with Crippen LogP contribution in [0.1, 0.15) is 291 Å². The van der Waals surface area contributed by atoms with E-state index in [1.165, 1.54) is 44.9 Å². The maximum absolute atomic E-state index is 13.6. The minimum atomic E-state index is -1.49. The highest BCUT2D eigenvalue weighted by atomic mass is 16.6. The molecule has 1 amide bonds. The molecule has 1 heterocycles. The monoisotopic (exact) mass is 1250 g/mol. The fourth-order valence-electron chi connectivity index (χ4n) is 9.90. The number of carbonyl (C=O) groups is 8. The summed E-state index contributed by atoms with van der Waals surface area (Å²) in [5.74, 6) is -2.98. The third kappa shape index (κ3) is 50.8. The molecular formula is C70H122N2O16. The number of likely N-dealkylation sites (tertiary alicyclic amines) is 1. The van der Waals surface area contributed by atoms with E-state index in [4.69, 9.17) is 37.9 Å². The lowest BCUT2D eigenvalue weighted by molar-refractivity contribution is -0.171. The van der Waals surface area contributed by atoms with Gasteiger partial charge in [0.15, 0.2) is 0 Å². The van der Waals surface area contributed by atoms with Gasteiger partial charge >= 0.3 is 47.9 Å². The van der Waals surface area contributed by atoms with Crippen LogP contribution in [-0.2, 0) is 71.5 Å². The number of nitrogens with one attached hydrogen (secondary N) is 1. The van der Waals surface area contributed by atoms with Crippen LogP contribution < -0.4 is 5.32 Å². The van der Waals surface area contributed by atoms with E-state index in [1.807, 2.05) is 6.92 Å². The molecule has 0 aliphatic carbocycles. The van der Waals surface area contributed by atoms with E-state index >= 15 is 0 Å². The zero-order valence-corrected chi connectivity index (χ0v) is 55.6. The molecule has 18 heteroatoms. The van der Waals surface area contributed by atoms with Gasteiger partial charge in [-0.2, -0.15) is 0 Å². The summed E-state index contributed by atoms with van der Waals surface area (Å²) in [7, 11) is 0. The van der Waals surface area contributed by atoms with Crippen LogP contribution in [0.5, 0.6) is 0 Å². The van der Waals surface area contributed by atoms with Crippen LogP contribution in [0, 0.1) is 5.41 Å². The number of amides is 1. The molecule has 508 valence electrons. The van der Waals surface area contributed by atoms with Crippen LogP contribution in [0.15, 0.2) is 24.3 Å². The van der Waals surface area contributed by atoms with Crippen molar-refractivity contribution < 1.29 is 76.3 Å². The quantitative estimate of drug-likeness (QED) is 0.0258. The van der Waals surface area contributed by atoms with Gasteiger partial charge in [-0.1, -0.05) is 161 Å². The van der Waals surface area contributed by atoms with Gasteiger partial charge in [0.05, 0.1) is 19.8 Å². The third-order valence-corrected chi connectivity index (χ3v) is 15.6. The molecule has 0 radical (unpaired) electrons. The highest BCUT2D eigenvalue weighted by molar-refractivity contribution is 5.72. The van der Waals surface area contributed by atoms with Crippen LogP contribution in [0.3, 0.4) is 0 Å². The van der Waals surface area contributed by atoms with E-state index < -0.39 is 67.9 Å². The van der Waals surface area contributed by atoms with Gasteiger partial charge in [-0.15, -0.1) is 0 Å². The van der Waals surface area contributed by atoms with E-state index in [0.717, 1.165) is 90.3 Å². The molecule has 1 rings (SSSR count). The minimum absolute atomic E-state index is 0.0561. The van der Waals surface area contributed by atoms with Gasteiger partial charge in [-0.25, -0.2) is 4.79 Å². The number of rotatable bonds is 60. The van der Waals surface area contributed by atoms with Crippen molar-refractivity contribution in [2.45, 2.75) is 297 Å². The molecule has 1 unspecified atom stereocenters. The first-order chi connectivity index (χ1) is 42.8. The van der Waals surface area contributed by atoms with E-state index in [1.54, 1.807) is 0 Å². The largest absolute Gasteiger partial charge is 0.466 e. The summed E-state index contributed by atoms with van der Waals surface area (Å²) in [4.78, 5) is 106. The topological polar surface area (TPSA) is 226 Å². The molecule has 0 aromatic rings. The Morgan fingerprint density at radius 3 is 1.14 bits per heavy atom. The molecule has 88 heavy (non-hydrogen) atoms. The van der Waals surface area contributed by atoms with Crippen molar-refractivity contribution in [3.8, 4) is 0 Å². The molecule has 0 spiro atoms. The summed E-state index contributed by atoms with van der Waals surface area (Å²) < 4.78 is 45.4. The molecule has 0 bridgehead atoms. The molecule has 1 aliphatic heterocycles. The molecule has 1 N–H and O–H groups in total. The predicted octanol–water partition coefficient (Wildman–Crippen LogP) is 15.4. The van der Waals surface area contributed by atoms with Crippen LogP contribution >= 0.6 is 0 Å². The molecular weight excluding hydrogens is 1120 g/mol. The van der Waals surface area contributed by atoms with Crippen LogP contribution in [0.4, 0.5) is 4.79 Å². The lowest BCUT2D eigenvalue weighted by Crippen LogP contribution is -2.44. The summed E-state index contributed by atoms with van der Waals surface area (Å²) in [6.07, 6.45) is 37.5. The molecule has 1 saturated heterocycles. The second-order valence-corrected chi connectivity index (χ2v) is 24.0. The van der Waals surface area contributed by atoms with Crippen LogP contribution in [0.25, 0.3) is 0 Å². The summed E-state index contributed by atoms with van der Waals surface area (Å²) in [6, 6.07) is 0. The number of ether oxygens (including phenoxy) is 8.